The van der Waals surface area contributed by atoms with Gasteiger partial charge >= 0.3 is 6.09 Å². The molecule has 4 heterocycles. The zero-order valence-corrected chi connectivity index (χ0v) is 16.0. The lowest BCUT2D eigenvalue weighted by Crippen LogP contribution is -2.41. The molecule has 3 fully saturated rings. The van der Waals surface area contributed by atoms with Gasteiger partial charge in [-0.15, -0.1) is 0 Å². The van der Waals surface area contributed by atoms with Crippen molar-refractivity contribution in [2.24, 2.45) is 0 Å². The standard InChI is InChI=1S/C19H29N5O3/c1-2-4-15-11-20-14-21-18(15)23-12-16-17(13-23)27-19(25)24(16)6-3-5-22-7-9-26-10-8-22/h11,14,16-17H,2-10,12-13H2,1H3/t16-,17+/m1/s1. The first-order valence-corrected chi connectivity index (χ1v) is 10.1. The Kier molecular flexibility index (Phi) is 5.73. The lowest BCUT2D eigenvalue weighted by Gasteiger charge is -2.28. The molecule has 3 aliphatic rings. The van der Waals surface area contributed by atoms with Crippen LogP contribution < -0.4 is 4.90 Å². The van der Waals surface area contributed by atoms with Crippen LogP contribution in [-0.4, -0.2) is 90.5 Å². The summed E-state index contributed by atoms with van der Waals surface area (Å²) >= 11 is 0. The van der Waals surface area contributed by atoms with E-state index >= 15 is 0 Å². The third-order valence-corrected chi connectivity index (χ3v) is 5.68. The maximum Gasteiger partial charge on any atom is 0.410 e. The Morgan fingerprint density at radius 3 is 2.89 bits per heavy atom. The van der Waals surface area contributed by atoms with Crippen LogP contribution in [0.4, 0.5) is 10.6 Å². The maximum atomic E-state index is 12.3. The first-order valence-electron chi connectivity index (χ1n) is 10.1. The molecule has 8 nitrogen and oxygen atoms in total. The number of nitrogens with zero attached hydrogens (tertiary/aromatic N) is 5. The van der Waals surface area contributed by atoms with E-state index in [1.165, 1.54) is 5.56 Å². The average molecular weight is 375 g/mol. The highest BCUT2D eigenvalue weighted by Gasteiger charge is 2.48. The second-order valence-electron chi connectivity index (χ2n) is 7.52. The van der Waals surface area contributed by atoms with Crippen molar-refractivity contribution in [1.82, 2.24) is 19.8 Å². The van der Waals surface area contributed by atoms with Gasteiger partial charge in [0.15, 0.2) is 0 Å². The highest BCUT2D eigenvalue weighted by Crippen LogP contribution is 2.31. The van der Waals surface area contributed by atoms with Gasteiger partial charge in [-0.1, -0.05) is 13.3 Å². The Morgan fingerprint density at radius 1 is 1.22 bits per heavy atom. The average Bonchev–Trinajstić information content (AvgIpc) is 3.21. The van der Waals surface area contributed by atoms with Crippen LogP contribution in [0.3, 0.4) is 0 Å². The van der Waals surface area contributed by atoms with Crippen LogP contribution >= 0.6 is 0 Å². The number of aromatic nitrogens is 2. The van der Waals surface area contributed by atoms with Crippen molar-refractivity contribution in [3.63, 3.8) is 0 Å². The van der Waals surface area contributed by atoms with E-state index in [1.807, 2.05) is 11.1 Å². The van der Waals surface area contributed by atoms with Crippen molar-refractivity contribution >= 4 is 11.9 Å². The Bertz CT molecular complexity index is 652. The van der Waals surface area contributed by atoms with Crippen LogP contribution in [0, 0.1) is 0 Å². The molecule has 8 heteroatoms. The minimum atomic E-state index is -0.164. The van der Waals surface area contributed by atoms with Crippen LogP contribution in [0.1, 0.15) is 25.3 Å². The summed E-state index contributed by atoms with van der Waals surface area (Å²) in [7, 11) is 0. The lowest BCUT2D eigenvalue weighted by atomic mass is 10.2. The summed E-state index contributed by atoms with van der Waals surface area (Å²) in [5.74, 6) is 0.991. The highest BCUT2D eigenvalue weighted by atomic mass is 16.6. The third-order valence-electron chi connectivity index (χ3n) is 5.68. The Balaban J connectivity index is 1.35. The van der Waals surface area contributed by atoms with Gasteiger partial charge in [0.05, 0.1) is 25.8 Å². The second kappa shape index (κ2) is 8.39. The summed E-state index contributed by atoms with van der Waals surface area (Å²) in [4.78, 5) is 27.6. The van der Waals surface area contributed by atoms with E-state index in [-0.39, 0.29) is 18.2 Å². The van der Waals surface area contributed by atoms with Gasteiger partial charge in [0.1, 0.15) is 18.2 Å². The van der Waals surface area contributed by atoms with Crippen molar-refractivity contribution in [2.75, 3.05) is 57.4 Å². The number of aryl methyl sites for hydroxylation is 1. The van der Waals surface area contributed by atoms with Gasteiger partial charge in [-0.25, -0.2) is 14.8 Å². The second-order valence-corrected chi connectivity index (χ2v) is 7.52. The summed E-state index contributed by atoms with van der Waals surface area (Å²) in [6.45, 7) is 8.99. The van der Waals surface area contributed by atoms with Crippen LogP contribution in [0.5, 0.6) is 0 Å². The largest absolute Gasteiger partial charge is 0.442 e. The molecule has 1 amide bonds. The van der Waals surface area contributed by atoms with Gasteiger partial charge < -0.3 is 14.4 Å². The fourth-order valence-electron chi connectivity index (χ4n) is 4.31. The van der Waals surface area contributed by atoms with Gasteiger partial charge in [0.2, 0.25) is 0 Å². The Labute approximate surface area is 160 Å². The normalized spacial score (nSPS) is 25.7. The molecule has 0 N–H and O–H groups in total. The lowest BCUT2D eigenvalue weighted by molar-refractivity contribution is 0.0363. The third kappa shape index (κ3) is 4.01. The molecule has 148 valence electrons. The first kappa shape index (κ1) is 18.4. The zero-order chi connectivity index (χ0) is 18.6. The van der Waals surface area contributed by atoms with E-state index in [4.69, 9.17) is 9.47 Å². The first-order chi connectivity index (χ1) is 13.3. The fraction of sp³-hybridized carbons (Fsp3) is 0.737. The summed E-state index contributed by atoms with van der Waals surface area (Å²) in [5.41, 5.74) is 1.17. The molecule has 27 heavy (non-hydrogen) atoms. The molecule has 0 aliphatic carbocycles. The van der Waals surface area contributed by atoms with Gasteiger partial charge in [-0.3, -0.25) is 9.80 Å². The molecule has 4 rings (SSSR count). The van der Waals surface area contributed by atoms with E-state index in [2.05, 4.69) is 26.7 Å². The van der Waals surface area contributed by atoms with E-state index in [0.29, 0.717) is 6.54 Å². The topological polar surface area (TPSA) is 71.0 Å². The molecule has 1 aromatic heterocycles. The molecule has 0 unspecified atom stereocenters. The zero-order valence-electron chi connectivity index (χ0n) is 16.0. The molecule has 0 aromatic carbocycles. The molecule has 0 spiro atoms. The Hall–Kier alpha value is -1.93. The number of carbonyl (C=O) groups excluding carboxylic acids is 1. The summed E-state index contributed by atoms with van der Waals surface area (Å²) < 4.78 is 11.1. The minimum absolute atomic E-state index is 0.0645. The number of fused-ring (bicyclic) bond motifs is 1. The number of morpholine rings is 1. The molecule has 0 radical (unpaired) electrons. The molecular formula is C19H29N5O3. The summed E-state index contributed by atoms with van der Waals surface area (Å²) in [5, 5.41) is 0. The predicted molar refractivity (Wildman–Crippen MR) is 101 cm³/mol. The Morgan fingerprint density at radius 2 is 2.07 bits per heavy atom. The highest BCUT2D eigenvalue weighted by molar-refractivity contribution is 5.71. The molecular weight excluding hydrogens is 346 g/mol. The van der Waals surface area contributed by atoms with E-state index in [9.17, 15) is 4.79 Å². The monoisotopic (exact) mass is 375 g/mol. The number of amides is 1. The van der Waals surface area contributed by atoms with Crippen LogP contribution in [-0.2, 0) is 15.9 Å². The number of hydrogen-bond donors (Lipinski definition) is 0. The van der Waals surface area contributed by atoms with Crippen molar-refractivity contribution in [3.05, 3.63) is 18.1 Å². The summed E-state index contributed by atoms with van der Waals surface area (Å²) in [6.07, 6.45) is 6.27. The van der Waals surface area contributed by atoms with Crippen LogP contribution in [0.2, 0.25) is 0 Å². The number of rotatable bonds is 7. The molecule has 2 atom stereocenters. The SMILES string of the molecule is CCCc1cncnc1N1C[C@@H]2OC(=O)N(CCCN3CCOCC3)[C@@H]2C1. The molecule has 3 aliphatic heterocycles. The maximum absolute atomic E-state index is 12.3. The van der Waals surface area contributed by atoms with E-state index < -0.39 is 0 Å². The molecule has 0 bridgehead atoms. The van der Waals surface area contributed by atoms with E-state index in [0.717, 1.165) is 71.0 Å². The quantitative estimate of drug-likeness (QED) is 0.708. The minimum Gasteiger partial charge on any atom is -0.442 e. The fourth-order valence-corrected chi connectivity index (χ4v) is 4.31. The number of carbonyl (C=O) groups is 1. The van der Waals surface area contributed by atoms with Gasteiger partial charge in [-0.05, 0) is 12.8 Å². The van der Waals surface area contributed by atoms with E-state index in [1.54, 1.807) is 6.33 Å². The number of anilines is 1. The van der Waals surface area contributed by atoms with Crippen molar-refractivity contribution in [2.45, 2.75) is 38.3 Å². The van der Waals surface area contributed by atoms with Gasteiger partial charge in [0.25, 0.3) is 0 Å². The van der Waals surface area contributed by atoms with Crippen molar-refractivity contribution in [3.8, 4) is 0 Å². The van der Waals surface area contributed by atoms with Crippen LogP contribution in [0.25, 0.3) is 0 Å². The number of hydrogen-bond acceptors (Lipinski definition) is 7. The van der Waals surface area contributed by atoms with Crippen molar-refractivity contribution in [1.29, 1.82) is 0 Å². The van der Waals surface area contributed by atoms with Crippen LogP contribution in [0.15, 0.2) is 12.5 Å². The van der Waals surface area contributed by atoms with Crippen molar-refractivity contribution < 1.29 is 14.3 Å². The predicted octanol–water partition coefficient (Wildman–Crippen LogP) is 1.16. The molecule has 0 saturated carbocycles. The molecule has 3 saturated heterocycles. The molecule has 1 aromatic rings. The summed E-state index contributed by atoms with van der Waals surface area (Å²) in [6, 6.07) is 0.117. The van der Waals surface area contributed by atoms with Gasteiger partial charge in [0, 0.05) is 44.5 Å². The van der Waals surface area contributed by atoms with Gasteiger partial charge in [-0.2, -0.15) is 0 Å². The number of ether oxygens (including phenoxy) is 2. The smallest absolute Gasteiger partial charge is 0.410 e.